The minimum absolute atomic E-state index is 0.182. The second kappa shape index (κ2) is 8.34. The summed E-state index contributed by atoms with van der Waals surface area (Å²) in [5.41, 5.74) is 2.64. The largest absolute Gasteiger partial charge is 0.472 e. The lowest BCUT2D eigenvalue weighted by Gasteiger charge is -2.11. The molecule has 0 aliphatic heterocycles. The Balaban J connectivity index is 1.69. The van der Waals surface area contributed by atoms with Gasteiger partial charge in [0.25, 0.3) is 0 Å². The lowest BCUT2D eigenvalue weighted by Crippen LogP contribution is -2.07. The van der Waals surface area contributed by atoms with Gasteiger partial charge in [0, 0.05) is 18.7 Å². The van der Waals surface area contributed by atoms with Gasteiger partial charge in [-0.15, -0.1) is 0 Å². The number of benzene rings is 2. The van der Waals surface area contributed by atoms with E-state index in [9.17, 15) is 4.79 Å². The zero-order valence-electron chi connectivity index (χ0n) is 16.2. The summed E-state index contributed by atoms with van der Waals surface area (Å²) in [7, 11) is 1.71. The zero-order chi connectivity index (χ0) is 21.3. The maximum atomic E-state index is 13.3. The Morgan fingerprint density at radius 1 is 1.13 bits per heavy atom. The van der Waals surface area contributed by atoms with Gasteiger partial charge in [-0.05, 0) is 24.6 Å². The Bertz CT molecular complexity index is 1220. The van der Waals surface area contributed by atoms with Crippen LogP contribution in [0.15, 0.2) is 59.3 Å². The third-order valence-corrected chi connectivity index (χ3v) is 5.27. The standard InChI is InChI=1S/C22H17Cl2N3O3/c1-13-10-18(30-26-13)19-17(23)9-8-15(20(19)24)21(28)16-11-25-27(2)22(16)29-12-14-6-4-3-5-7-14/h3-11H,12H2,1-2H3. The predicted molar refractivity (Wildman–Crippen MR) is 114 cm³/mol. The van der Waals surface area contributed by atoms with Gasteiger partial charge >= 0.3 is 0 Å². The maximum Gasteiger partial charge on any atom is 0.223 e. The van der Waals surface area contributed by atoms with E-state index in [0.717, 1.165) is 5.56 Å². The van der Waals surface area contributed by atoms with Crippen molar-refractivity contribution in [3.63, 3.8) is 0 Å². The highest BCUT2D eigenvalue weighted by molar-refractivity contribution is 6.41. The quantitative estimate of drug-likeness (QED) is 0.369. The number of ether oxygens (including phenoxy) is 1. The van der Waals surface area contributed by atoms with Crippen molar-refractivity contribution in [1.29, 1.82) is 0 Å². The Morgan fingerprint density at radius 2 is 1.90 bits per heavy atom. The fourth-order valence-corrected chi connectivity index (χ4v) is 3.70. The van der Waals surface area contributed by atoms with Crippen molar-refractivity contribution in [2.75, 3.05) is 0 Å². The molecular formula is C22H17Cl2N3O3. The summed E-state index contributed by atoms with van der Waals surface area (Å²) in [4.78, 5) is 13.3. The molecule has 0 atom stereocenters. The van der Waals surface area contributed by atoms with Crippen molar-refractivity contribution in [2.24, 2.45) is 7.05 Å². The van der Waals surface area contributed by atoms with E-state index in [1.807, 2.05) is 30.3 Å². The molecule has 2 heterocycles. The number of hydrogen-bond acceptors (Lipinski definition) is 5. The number of carbonyl (C=O) groups is 1. The number of halogens is 2. The van der Waals surface area contributed by atoms with E-state index in [0.29, 0.717) is 40.1 Å². The number of nitrogens with zero attached hydrogens (tertiary/aromatic N) is 3. The topological polar surface area (TPSA) is 70.2 Å². The van der Waals surface area contributed by atoms with Gasteiger partial charge in [0.1, 0.15) is 12.2 Å². The van der Waals surface area contributed by atoms with E-state index in [4.69, 9.17) is 32.5 Å². The molecule has 0 radical (unpaired) electrons. The summed E-state index contributed by atoms with van der Waals surface area (Å²) in [5.74, 6) is 0.418. The number of hydrogen-bond donors (Lipinski definition) is 0. The Hall–Kier alpha value is -3.09. The third-order valence-electron chi connectivity index (χ3n) is 4.56. The van der Waals surface area contributed by atoms with Crippen LogP contribution in [0.3, 0.4) is 0 Å². The molecule has 4 aromatic rings. The molecule has 0 unspecified atom stereocenters. The summed E-state index contributed by atoms with van der Waals surface area (Å²) < 4.78 is 12.7. The van der Waals surface area contributed by atoms with Crippen molar-refractivity contribution in [2.45, 2.75) is 13.5 Å². The van der Waals surface area contributed by atoms with E-state index < -0.39 is 0 Å². The highest BCUT2D eigenvalue weighted by atomic mass is 35.5. The number of aromatic nitrogens is 3. The van der Waals surface area contributed by atoms with Gasteiger partial charge in [-0.3, -0.25) is 4.79 Å². The highest BCUT2D eigenvalue weighted by Gasteiger charge is 2.25. The molecule has 2 aromatic heterocycles. The van der Waals surface area contributed by atoms with Gasteiger partial charge in [0.15, 0.2) is 5.76 Å². The molecule has 4 rings (SSSR count). The van der Waals surface area contributed by atoms with E-state index in [1.165, 1.54) is 10.9 Å². The van der Waals surface area contributed by atoms with Crippen LogP contribution in [0.2, 0.25) is 10.0 Å². The molecule has 6 nitrogen and oxygen atoms in total. The number of aryl methyl sites for hydroxylation is 2. The highest BCUT2D eigenvalue weighted by Crippen LogP contribution is 2.38. The van der Waals surface area contributed by atoms with Crippen molar-refractivity contribution < 1.29 is 14.1 Å². The van der Waals surface area contributed by atoms with Crippen LogP contribution >= 0.6 is 23.2 Å². The van der Waals surface area contributed by atoms with Crippen molar-refractivity contribution >= 4 is 29.0 Å². The van der Waals surface area contributed by atoms with E-state index in [1.54, 1.807) is 32.2 Å². The van der Waals surface area contributed by atoms with Crippen molar-refractivity contribution in [3.8, 4) is 17.2 Å². The van der Waals surface area contributed by atoms with Crippen LogP contribution in [0.4, 0.5) is 0 Å². The lowest BCUT2D eigenvalue weighted by atomic mass is 10.0. The van der Waals surface area contributed by atoms with Gasteiger partial charge < -0.3 is 9.26 Å². The summed E-state index contributed by atoms with van der Waals surface area (Å²) in [5, 5.41) is 8.59. The summed E-state index contributed by atoms with van der Waals surface area (Å²) in [6.45, 7) is 2.09. The average Bonchev–Trinajstić information content (AvgIpc) is 3.32. The lowest BCUT2D eigenvalue weighted by molar-refractivity contribution is 0.103. The van der Waals surface area contributed by atoms with Gasteiger partial charge in [0.2, 0.25) is 11.7 Å². The van der Waals surface area contributed by atoms with E-state index in [-0.39, 0.29) is 16.4 Å². The Morgan fingerprint density at radius 3 is 2.60 bits per heavy atom. The molecular weight excluding hydrogens is 425 g/mol. The minimum Gasteiger partial charge on any atom is -0.472 e. The fourth-order valence-electron chi connectivity index (χ4n) is 3.06. The molecule has 0 aliphatic rings. The molecule has 30 heavy (non-hydrogen) atoms. The van der Waals surface area contributed by atoms with E-state index >= 15 is 0 Å². The van der Waals surface area contributed by atoms with Crippen LogP contribution in [0, 0.1) is 6.92 Å². The average molecular weight is 442 g/mol. The molecule has 0 bridgehead atoms. The number of ketones is 1. The van der Waals surface area contributed by atoms with Gasteiger partial charge in [0.05, 0.1) is 27.5 Å². The predicted octanol–water partition coefficient (Wildman–Crippen LogP) is 5.50. The Kier molecular flexibility index (Phi) is 5.61. The molecule has 2 aromatic carbocycles. The summed E-state index contributed by atoms with van der Waals surface area (Å²) in [6.07, 6.45) is 1.46. The first kappa shape index (κ1) is 20.2. The van der Waals surface area contributed by atoms with Crippen molar-refractivity contribution in [3.05, 3.63) is 87.2 Å². The first-order chi connectivity index (χ1) is 14.5. The fraction of sp³-hybridized carbons (Fsp3) is 0.136. The van der Waals surface area contributed by atoms with Crippen LogP contribution in [0.5, 0.6) is 5.88 Å². The number of carbonyl (C=O) groups excluding carboxylic acids is 1. The molecule has 152 valence electrons. The molecule has 0 spiro atoms. The van der Waals surface area contributed by atoms with E-state index in [2.05, 4.69) is 10.3 Å². The SMILES string of the molecule is Cc1cc(-c2c(Cl)ccc(C(=O)c3cnn(C)c3OCc3ccccc3)c2Cl)on1. The maximum absolute atomic E-state index is 13.3. The van der Waals surface area contributed by atoms with Gasteiger partial charge in [-0.25, -0.2) is 4.68 Å². The third kappa shape index (κ3) is 3.84. The molecule has 0 saturated heterocycles. The Labute approximate surface area is 183 Å². The molecule has 8 heteroatoms. The molecule has 0 saturated carbocycles. The van der Waals surface area contributed by atoms with Crippen LogP contribution in [0.1, 0.15) is 27.2 Å². The molecule has 0 N–H and O–H groups in total. The second-order valence-corrected chi connectivity index (χ2v) is 7.49. The summed E-state index contributed by atoms with van der Waals surface area (Å²) in [6, 6.07) is 14.6. The van der Waals surface area contributed by atoms with Crippen molar-refractivity contribution in [1.82, 2.24) is 14.9 Å². The monoisotopic (exact) mass is 441 g/mol. The van der Waals surface area contributed by atoms with Crippen LogP contribution in [0.25, 0.3) is 11.3 Å². The smallest absolute Gasteiger partial charge is 0.223 e. The van der Waals surface area contributed by atoms with Crippen LogP contribution in [-0.2, 0) is 13.7 Å². The van der Waals surface area contributed by atoms with Crippen LogP contribution < -0.4 is 4.74 Å². The number of rotatable bonds is 6. The van der Waals surface area contributed by atoms with Gasteiger partial charge in [-0.2, -0.15) is 5.10 Å². The second-order valence-electron chi connectivity index (χ2n) is 6.71. The zero-order valence-corrected chi connectivity index (χ0v) is 17.7. The summed E-state index contributed by atoms with van der Waals surface area (Å²) >= 11 is 12.9. The first-order valence-electron chi connectivity index (χ1n) is 9.11. The van der Waals surface area contributed by atoms with Crippen LogP contribution in [-0.4, -0.2) is 20.7 Å². The normalized spacial score (nSPS) is 10.9. The molecule has 0 amide bonds. The molecule has 0 aliphatic carbocycles. The minimum atomic E-state index is -0.328. The molecule has 0 fully saturated rings. The first-order valence-corrected chi connectivity index (χ1v) is 9.86. The van der Waals surface area contributed by atoms with Gasteiger partial charge in [-0.1, -0.05) is 58.7 Å².